The fourth-order valence-electron chi connectivity index (χ4n) is 5.07. The van der Waals surface area contributed by atoms with Gasteiger partial charge in [-0.05, 0) is 36.3 Å². The Balaban J connectivity index is 1.41. The number of carbonyl (C=O) groups is 4. The molecule has 0 unspecified atom stereocenters. The van der Waals surface area contributed by atoms with Crippen molar-refractivity contribution in [1.29, 1.82) is 0 Å². The number of carboxylic acid groups (broad SMARTS) is 1. The summed E-state index contributed by atoms with van der Waals surface area (Å²) >= 11 is 0. The predicted octanol–water partition coefficient (Wildman–Crippen LogP) is 1.62. The van der Waals surface area contributed by atoms with Crippen LogP contribution in [0.1, 0.15) is 53.3 Å². The number of benzene rings is 3. The Morgan fingerprint density at radius 2 is 1.63 bits per heavy atom. The maximum atomic E-state index is 13.3. The van der Waals surface area contributed by atoms with Crippen LogP contribution < -0.4 is 4.74 Å². The summed E-state index contributed by atoms with van der Waals surface area (Å²) < 4.78 is 16.4. The Labute approximate surface area is 244 Å². The molecule has 0 saturated carbocycles. The fourth-order valence-corrected chi connectivity index (χ4v) is 5.07. The van der Waals surface area contributed by atoms with Crippen LogP contribution in [0.25, 0.3) is 6.08 Å². The second kappa shape index (κ2) is 11.8. The second-order valence-corrected chi connectivity index (χ2v) is 9.97. The van der Waals surface area contributed by atoms with E-state index in [-0.39, 0.29) is 27.8 Å². The van der Waals surface area contributed by atoms with Crippen molar-refractivity contribution in [3.05, 3.63) is 99.6 Å². The van der Waals surface area contributed by atoms with Gasteiger partial charge in [0.25, 0.3) is 0 Å². The van der Waals surface area contributed by atoms with Gasteiger partial charge in [0.05, 0.1) is 5.56 Å². The standard InChI is InChI=1S/C31H26O12/c1-14-22-17(25(34)16-8-5-9-18(32)24(16)27(22)36)12-19(23(14)30(39)40)42-31-29(38)28(37)26(35)20(43-31)13-41-21(33)11-10-15-6-3-2-4-7-15/h2-12,20,26,28-29,31-32,35,37-38H,13H2,1H3,(H,39,40)/b11-10+/t20-,26-,28+,29-,31-/m1/s1. The highest BCUT2D eigenvalue weighted by molar-refractivity contribution is 6.30. The van der Waals surface area contributed by atoms with Gasteiger partial charge in [0.15, 0.2) is 11.6 Å². The lowest BCUT2D eigenvalue weighted by atomic mass is 9.80. The molecule has 0 radical (unpaired) electrons. The first-order chi connectivity index (χ1) is 20.5. The summed E-state index contributed by atoms with van der Waals surface area (Å²) in [4.78, 5) is 51.1. The Morgan fingerprint density at radius 1 is 0.907 bits per heavy atom. The number of ether oxygens (including phenoxy) is 3. The lowest BCUT2D eigenvalue weighted by molar-refractivity contribution is -0.278. The number of aliphatic hydroxyl groups excluding tert-OH is 3. The number of rotatable bonds is 7. The van der Waals surface area contributed by atoms with E-state index in [1.807, 2.05) is 6.07 Å². The molecule has 3 aromatic rings. The molecule has 12 nitrogen and oxygen atoms in total. The summed E-state index contributed by atoms with van der Waals surface area (Å²) in [5.41, 5.74) is -0.748. The lowest BCUT2D eigenvalue weighted by Crippen LogP contribution is -2.60. The van der Waals surface area contributed by atoms with Gasteiger partial charge in [-0.15, -0.1) is 0 Å². The van der Waals surface area contributed by atoms with Gasteiger partial charge in [0, 0.05) is 22.8 Å². The normalized spacial score (nSPS) is 23.0. The monoisotopic (exact) mass is 590 g/mol. The van der Waals surface area contributed by atoms with Gasteiger partial charge in [0.2, 0.25) is 6.29 Å². The van der Waals surface area contributed by atoms with Crippen LogP contribution in [0.2, 0.25) is 0 Å². The van der Waals surface area contributed by atoms with Crippen LogP contribution in [0.4, 0.5) is 0 Å². The molecule has 3 aromatic carbocycles. The summed E-state index contributed by atoms with van der Waals surface area (Å²) in [7, 11) is 0. The SMILES string of the molecule is Cc1c(C(=O)O)c(O[C@@H]2O[C@H](COC(=O)/C=C/c3ccccc3)[C@@H](O)[C@H](O)[C@H]2O)cc2c1C(=O)c1c(O)cccc1C2=O. The molecule has 1 aliphatic carbocycles. The molecule has 0 aromatic heterocycles. The zero-order valence-electron chi connectivity index (χ0n) is 22.5. The minimum atomic E-state index is -1.90. The minimum absolute atomic E-state index is 0.0957. The molecule has 43 heavy (non-hydrogen) atoms. The van der Waals surface area contributed by atoms with Crippen LogP contribution in [0, 0.1) is 6.92 Å². The van der Waals surface area contributed by atoms with Crippen LogP contribution >= 0.6 is 0 Å². The van der Waals surface area contributed by atoms with Crippen LogP contribution in [0.3, 0.4) is 0 Å². The molecule has 1 heterocycles. The molecule has 5 rings (SSSR count). The number of ketones is 2. The molecule has 1 aliphatic heterocycles. The van der Waals surface area contributed by atoms with Crippen LogP contribution in [-0.2, 0) is 14.3 Å². The Morgan fingerprint density at radius 3 is 2.33 bits per heavy atom. The van der Waals surface area contributed by atoms with E-state index < -0.39 is 77.9 Å². The number of hydrogen-bond donors (Lipinski definition) is 5. The van der Waals surface area contributed by atoms with Crippen LogP contribution in [-0.4, -0.2) is 86.4 Å². The molecule has 1 fully saturated rings. The summed E-state index contributed by atoms with van der Waals surface area (Å²) in [6.07, 6.45) is -6.00. The van der Waals surface area contributed by atoms with E-state index in [1.54, 1.807) is 24.3 Å². The van der Waals surface area contributed by atoms with E-state index in [2.05, 4.69) is 0 Å². The molecular weight excluding hydrogens is 564 g/mol. The van der Waals surface area contributed by atoms with Gasteiger partial charge in [-0.1, -0.05) is 42.5 Å². The van der Waals surface area contributed by atoms with Gasteiger partial charge in [-0.25, -0.2) is 9.59 Å². The van der Waals surface area contributed by atoms with Gasteiger partial charge in [0.1, 0.15) is 48.1 Å². The maximum Gasteiger partial charge on any atom is 0.339 e. The number of esters is 1. The molecule has 1 saturated heterocycles. The Hall–Kier alpha value is -4.88. The number of phenols is 1. The molecule has 2 aliphatic rings. The van der Waals surface area contributed by atoms with Gasteiger partial charge in [-0.3, -0.25) is 9.59 Å². The first-order valence-corrected chi connectivity index (χ1v) is 13.1. The number of aromatic hydroxyl groups is 1. The van der Waals surface area contributed by atoms with Crippen molar-refractivity contribution < 1.29 is 58.9 Å². The average molecular weight is 591 g/mol. The molecule has 0 bridgehead atoms. The summed E-state index contributed by atoms with van der Waals surface area (Å²) in [6.45, 7) is 0.721. The third kappa shape index (κ3) is 5.51. The first-order valence-electron chi connectivity index (χ1n) is 13.1. The highest BCUT2D eigenvalue weighted by Gasteiger charge is 2.46. The maximum absolute atomic E-state index is 13.3. The number of aromatic carboxylic acids is 1. The summed E-state index contributed by atoms with van der Waals surface area (Å²) in [5, 5.41) is 51.7. The Bertz CT molecular complexity index is 1640. The second-order valence-electron chi connectivity index (χ2n) is 9.97. The molecule has 0 amide bonds. The highest BCUT2D eigenvalue weighted by Crippen LogP contribution is 2.39. The van der Waals surface area contributed by atoms with Crippen LogP contribution in [0.5, 0.6) is 11.5 Å². The third-order valence-corrected chi connectivity index (χ3v) is 7.25. The average Bonchev–Trinajstić information content (AvgIpc) is 2.98. The number of phenolic OH excluding ortho intramolecular Hbond substituents is 1. The lowest BCUT2D eigenvalue weighted by Gasteiger charge is -2.40. The van der Waals surface area contributed by atoms with Crippen molar-refractivity contribution in [3.8, 4) is 11.5 Å². The minimum Gasteiger partial charge on any atom is -0.507 e. The van der Waals surface area contributed by atoms with E-state index in [4.69, 9.17) is 14.2 Å². The van der Waals surface area contributed by atoms with Crippen molar-refractivity contribution in [2.45, 2.75) is 37.6 Å². The van der Waals surface area contributed by atoms with Gasteiger partial charge >= 0.3 is 11.9 Å². The molecule has 12 heteroatoms. The van der Waals surface area contributed by atoms with E-state index in [0.717, 1.165) is 17.7 Å². The van der Waals surface area contributed by atoms with Crippen molar-refractivity contribution in [1.82, 2.24) is 0 Å². The van der Waals surface area contributed by atoms with E-state index >= 15 is 0 Å². The van der Waals surface area contributed by atoms with Crippen molar-refractivity contribution >= 4 is 29.6 Å². The number of carboxylic acids is 1. The number of aliphatic hydroxyl groups is 3. The smallest absolute Gasteiger partial charge is 0.339 e. The topological polar surface area (TPSA) is 197 Å². The van der Waals surface area contributed by atoms with E-state index in [9.17, 15) is 44.7 Å². The van der Waals surface area contributed by atoms with Crippen molar-refractivity contribution in [3.63, 3.8) is 0 Å². The summed E-state index contributed by atoms with van der Waals surface area (Å²) in [6, 6.07) is 13.8. The van der Waals surface area contributed by atoms with Crippen molar-refractivity contribution in [2.75, 3.05) is 6.61 Å². The Kier molecular flexibility index (Phi) is 8.11. The highest BCUT2D eigenvalue weighted by atomic mass is 16.7. The number of fused-ring (bicyclic) bond motifs is 2. The quantitative estimate of drug-likeness (QED) is 0.154. The first kappa shape index (κ1) is 29.6. The fraction of sp³-hybridized carbons (Fsp3) is 0.226. The molecule has 5 N–H and O–H groups in total. The molecular formula is C31H26O12. The largest absolute Gasteiger partial charge is 0.507 e. The van der Waals surface area contributed by atoms with E-state index in [1.165, 1.54) is 31.2 Å². The third-order valence-electron chi connectivity index (χ3n) is 7.25. The zero-order chi connectivity index (χ0) is 31.0. The number of carbonyl (C=O) groups excluding carboxylic acids is 3. The van der Waals surface area contributed by atoms with Crippen molar-refractivity contribution in [2.24, 2.45) is 0 Å². The predicted molar refractivity (Wildman–Crippen MR) is 147 cm³/mol. The summed E-state index contributed by atoms with van der Waals surface area (Å²) in [5.74, 6) is -4.68. The van der Waals surface area contributed by atoms with Crippen LogP contribution in [0.15, 0.2) is 60.7 Å². The van der Waals surface area contributed by atoms with Gasteiger partial charge < -0.3 is 39.7 Å². The molecule has 0 spiro atoms. The molecule has 5 atom stereocenters. The van der Waals surface area contributed by atoms with Gasteiger partial charge in [-0.2, -0.15) is 0 Å². The van der Waals surface area contributed by atoms with E-state index in [0.29, 0.717) is 0 Å². The number of hydrogen-bond acceptors (Lipinski definition) is 11. The zero-order valence-corrected chi connectivity index (χ0v) is 22.5. The molecule has 222 valence electrons.